The number of nitroso groups, excluding NO2 is 1. The normalized spacial score (nSPS) is 15.3. The lowest BCUT2D eigenvalue weighted by atomic mass is 10.3. The Morgan fingerprint density at radius 1 is 1.42 bits per heavy atom. The minimum Gasteiger partial charge on any atom is -0.395 e. The third-order valence-electron chi connectivity index (χ3n) is 2.69. The quantitative estimate of drug-likeness (QED) is 0.621. The van der Waals surface area contributed by atoms with Crippen LogP contribution in [-0.4, -0.2) is 54.5 Å². The van der Waals surface area contributed by atoms with Crippen molar-refractivity contribution in [3.05, 3.63) is 4.91 Å². The Hall–Kier alpha value is -2.00. The van der Waals surface area contributed by atoms with Gasteiger partial charge in [-0.1, -0.05) is 0 Å². The van der Waals surface area contributed by atoms with Gasteiger partial charge in [-0.3, -0.25) is 0 Å². The van der Waals surface area contributed by atoms with Crippen LogP contribution in [0.4, 0.5) is 23.3 Å². The monoisotopic (exact) mass is 268 g/mol. The summed E-state index contributed by atoms with van der Waals surface area (Å²) in [6.07, 6.45) is 0. The van der Waals surface area contributed by atoms with Crippen molar-refractivity contribution >= 4 is 23.3 Å². The van der Waals surface area contributed by atoms with E-state index in [-0.39, 0.29) is 30.6 Å². The highest BCUT2D eigenvalue weighted by molar-refractivity contribution is 5.76. The largest absolute Gasteiger partial charge is 0.395 e. The third kappa shape index (κ3) is 3.06. The first kappa shape index (κ1) is 13.4. The Bertz CT molecular complexity index is 449. The summed E-state index contributed by atoms with van der Waals surface area (Å²) in [5, 5.41) is 14.6. The van der Waals surface area contributed by atoms with E-state index >= 15 is 0 Å². The van der Waals surface area contributed by atoms with E-state index in [9.17, 15) is 4.91 Å². The second kappa shape index (κ2) is 6.25. The number of aliphatic hydroxyl groups is 1. The number of nitrogen functional groups attached to an aromatic ring is 1. The van der Waals surface area contributed by atoms with Crippen LogP contribution in [0.5, 0.6) is 0 Å². The number of nitrogens with zero attached hydrogens (tertiary/aromatic N) is 4. The lowest BCUT2D eigenvalue weighted by molar-refractivity contribution is 0.122. The van der Waals surface area contributed by atoms with Crippen molar-refractivity contribution < 1.29 is 9.84 Å². The molecule has 9 heteroatoms. The van der Waals surface area contributed by atoms with Gasteiger partial charge in [0.2, 0.25) is 5.95 Å². The lowest BCUT2D eigenvalue weighted by Gasteiger charge is -2.28. The van der Waals surface area contributed by atoms with Gasteiger partial charge in [0, 0.05) is 19.6 Å². The first-order chi connectivity index (χ1) is 9.26. The minimum atomic E-state index is -0.0882. The molecule has 0 atom stereocenters. The smallest absolute Gasteiger partial charge is 0.224 e. The van der Waals surface area contributed by atoms with Gasteiger partial charge < -0.3 is 25.8 Å². The number of morpholine rings is 1. The molecule has 2 rings (SSSR count). The first-order valence-corrected chi connectivity index (χ1v) is 5.94. The number of nitrogens with one attached hydrogen (secondary N) is 1. The van der Waals surface area contributed by atoms with Crippen LogP contribution < -0.4 is 16.0 Å². The molecule has 0 radical (unpaired) electrons. The van der Waals surface area contributed by atoms with E-state index in [1.165, 1.54) is 0 Å². The zero-order valence-electron chi connectivity index (χ0n) is 10.4. The molecular formula is C10H16N6O3. The van der Waals surface area contributed by atoms with Crippen LogP contribution in [0.1, 0.15) is 0 Å². The van der Waals surface area contributed by atoms with Gasteiger partial charge in [0.1, 0.15) is 0 Å². The molecule has 0 aliphatic carbocycles. The summed E-state index contributed by atoms with van der Waals surface area (Å²) < 4.78 is 5.25. The summed E-state index contributed by atoms with van der Waals surface area (Å²) in [6.45, 7) is 2.50. The molecule has 104 valence electrons. The lowest BCUT2D eigenvalue weighted by Crippen LogP contribution is -2.37. The van der Waals surface area contributed by atoms with E-state index < -0.39 is 0 Å². The maximum absolute atomic E-state index is 11.0. The average molecular weight is 268 g/mol. The molecule has 1 aromatic heterocycles. The zero-order valence-corrected chi connectivity index (χ0v) is 10.4. The van der Waals surface area contributed by atoms with E-state index in [2.05, 4.69) is 20.5 Å². The summed E-state index contributed by atoms with van der Waals surface area (Å²) >= 11 is 0. The zero-order chi connectivity index (χ0) is 13.7. The highest BCUT2D eigenvalue weighted by Crippen LogP contribution is 2.34. The van der Waals surface area contributed by atoms with E-state index in [1.807, 2.05) is 4.90 Å². The fourth-order valence-corrected chi connectivity index (χ4v) is 1.84. The van der Waals surface area contributed by atoms with Crippen molar-refractivity contribution in [2.45, 2.75) is 0 Å². The molecule has 4 N–H and O–H groups in total. The average Bonchev–Trinajstić information content (AvgIpc) is 2.45. The number of aromatic nitrogens is 2. The van der Waals surface area contributed by atoms with Crippen molar-refractivity contribution in [1.29, 1.82) is 0 Å². The predicted octanol–water partition coefficient (Wildman–Crippen LogP) is -0.303. The fraction of sp³-hybridized carbons (Fsp3) is 0.600. The van der Waals surface area contributed by atoms with Gasteiger partial charge in [0.05, 0.1) is 19.8 Å². The summed E-state index contributed by atoms with van der Waals surface area (Å²) in [4.78, 5) is 20.9. The summed E-state index contributed by atoms with van der Waals surface area (Å²) in [5.41, 5.74) is 5.74. The van der Waals surface area contributed by atoms with Gasteiger partial charge in [0.15, 0.2) is 17.3 Å². The molecule has 0 bridgehead atoms. The number of hydrogen-bond acceptors (Lipinski definition) is 9. The third-order valence-corrected chi connectivity index (χ3v) is 2.69. The summed E-state index contributed by atoms with van der Waals surface area (Å²) in [7, 11) is 0. The van der Waals surface area contributed by atoms with E-state index in [4.69, 9.17) is 15.6 Å². The Morgan fingerprint density at radius 3 is 2.79 bits per heavy atom. The van der Waals surface area contributed by atoms with Gasteiger partial charge in [0.25, 0.3) is 0 Å². The SMILES string of the molecule is Nc1nc(NCCO)c(N=O)c(N2CCOCC2)n1. The Labute approximate surface area is 109 Å². The molecule has 0 aromatic carbocycles. The minimum absolute atomic E-state index is 0.0503. The molecule has 9 nitrogen and oxygen atoms in total. The summed E-state index contributed by atoms with van der Waals surface area (Å²) in [6, 6.07) is 0. The molecule has 0 saturated carbocycles. The number of hydrogen-bond donors (Lipinski definition) is 3. The Balaban J connectivity index is 2.34. The van der Waals surface area contributed by atoms with Crippen molar-refractivity contribution in [3.8, 4) is 0 Å². The van der Waals surface area contributed by atoms with E-state index in [0.717, 1.165) is 0 Å². The highest BCUT2D eigenvalue weighted by atomic mass is 16.5. The number of nitrogens with two attached hydrogens (primary N) is 1. The Morgan fingerprint density at radius 2 is 2.16 bits per heavy atom. The second-order valence-corrected chi connectivity index (χ2v) is 3.94. The van der Waals surface area contributed by atoms with Gasteiger partial charge in [-0.25, -0.2) is 0 Å². The molecular weight excluding hydrogens is 252 g/mol. The number of aliphatic hydroxyl groups excluding tert-OH is 1. The molecule has 2 heterocycles. The van der Waals surface area contributed by atoms with E-state index in [1.54, 1.807) is 0 Å². The second-order valence-electron chi connectivity index (χ2n) is 3.94. The van der Waals surface area contributed by atoms with Crippen LogP contribution >= 0.6 is 0 Å². The number of rotatable bonds is 5. The van der Waals surface area contributed by atoms with Gasteiger partial charge >= 0.3 is 0 Å². The molecule has 1 saturated heterocycles. The molecule has 1 aliphatic rings. The molecule has 1 aromatic rings. The first-order valence-electron chi connectivity index (χ1n) is 5.94. The number of ether oxygens (including phenoxy) is 1. The van der Waals surface area contributed by atoms with Crippen LogP contribution in [-0.2, 0) is 4.74 Å². The van der Waals surface area contributed by atoms with Crippen molar-refractivity contribution in [2.24, 2.45) is 5.18 Å². The van der Waals surface area contributed by atoms with Crippen LogP contribution in [0.3, 0.4) is 0 Å². The van der Waals surface area contributed by atoms with Crippen LogP contribution in [0.2, 0.25) is 0 Å². The standard InChI is InChI=1S/C10H16N6O3/c11-10-13-8(12-1-4-17)7(15-18)9(14-10)16-2-5-19-6-3-16/h17H,1-6H2,(H3,11,12,13,14). The van der Waals surface area contributed by atoms with Gasteiger partial charge in [-0.2, -0.15) is 9.97 Å². The molecule has 0 spiro atoms. The van der Waals surface area contributed by atoms with Crippen LogP contribution in [0, 0.1) is 4.91 Å². The molecule has 19 heavy (non-hydrogen) atoms. The molecule has 1 fully saturated rings. The fourth-order valence-electron chi connectivity index (χ4n) is 1.84. The van der Waals surface area contributed by atoms with E-state index in [0.29, 0.717) is 32.1 Å². The van der Waals surface area contributed by atoms with Crippen molar-refractivity contribution in [3.63, 3.8) is 0 Å². The van der Waals surface area contributed by atoms with Crippen LogP contribution in [0.25, 0.3) is 0 Å². The molecule has 0 unspecified atom stereocenters. The van der Waals surface area contributed by atoms with Crippen molar-refractivity contribution in [1.82, 2.24) is 9.97 Å². The number of anilines is 3. The Kier molecular flexibility index (Phi) is 4.42. The van der Waals surface area contributed by atoms with Gasteiger partial charge in [-0.05, 0) is 5.18 Å². The maximum atomic E-state index is 11.0. The molecule has 1 aliphatic heterocycles. The maximum Gasteiger partial charge on any atom is 0.224 e. The topological polar surface area (TPSA) is 126 Å². The highest BCUT2D eigenvalue weighted by Gasteiger charge is 2.21. The van der Waals surface area contributed by atoms with Gasteiger partial charge in [-0.15, -0.1) is 4.91 Å². The summed E-state index contributed by atoms with van der Waals surface area (Å²) in [5.74, 6) is 0.679. The molecule has 0 amide bonds. The van der Waals surface area contributed by atoms with Crippen LogP contribution in [0.15, 0.2) is 5.18 Å². The van der Waals surface area contributed by atoms with Crippen molar-refractivity contribution in [2.75, 3.05) is 55.4 Å². The predicted molar refractivity (Wildman–Crippen MR) is 70.5 cm³/mol.